The molecule has 0 aromatic carbocycles. The average Bonchev–Trinajstić information content (AvgIpc) is 3.41. The van der Waals surface area contributed by atoms with Crippen LogP contribution >= 0.6 is 46.5 Å². The fourth-order valence-electron chi connectivity index (χ4n) is 3.08. The second-order valence-electron chi connectivity index (χ2n) is 6.37. The number of carbonyl (C=O) groups excluding carboxylic acids is 2. The minimum Gasteiger partial charge on any atom is -0.477 e. The number of H-pyrrole nitrogens is 1. The number of halogens is 1. The molecule has 4 rings (SSSR count). The lowest BCUT2D eigenvalue weighted by molar-refractivity contribution is -0.150. The predicted octanol–water partition coefficient (Wildman–Crippen LogP) is 0.720. The Balaban J connectivity index is 1.49. The van der Waals surface area contributed by atoms with Gasteiger partial charge in [0.05, 0.1) is 0 Å². The van der Waals surface area contributed by atoms with Crippen LogP contribution in [0.1, 0.15) is 5.69 Å². The van der Waals surface area contributed by atoms with Gasteiger partial charge in [-0.1, -0.05) is 39.9 Å². The van der Waals surface area contributed by atoms with Crippen LogP contribution in [0.3, 0.4) is 0 Å². The first-order chi connectivity index (χ1) is 15.8. The molecule has 2 aliphatic rings. The van der Waals surface area contributed by atoms with Crippen LogP contribution < -0.4 is 11.1 Å². The number of hydrogen-bond acceptors (Lipinski definition) is 12. The third-order valence-corrected chi connectivity index (χ3v) is 7.55. The van der Waals surface area contributed by atoms with E-state index in [-0.39, 0.29) is 26.6 Å². The van der Waals surface area contributed by atoms with Gasteiger partial charge in [0, 0.05) is 5.75 Å². The van der Waals surface area contributed by atoms with E-state index in [1.165, 1.54) is 29.9 Å². The molecule has 2 aromatic heterocycles. The number of aromatic nitrogens is 4. The first-order valence-electron chi connectivity index (χ1n) is 8.86. The number of fused-ring (bicyclic) bond motifs is 1. The van der Waals surface area contributed by atoms with E-state index in [9.17, 15) is 24.7 Å². The summed E-state index contributed by atoms with van der Waals surface area (Å²) in [5.41, 5.74) is 5.17. The van der Waals surface area contributed by atoms with Crippen molar-refractivity contribution < 1.29 is 24.7 Å². The highest BCUT2D eigenvalue weighted by Crippen LogP contribution is 2.41. The molecule has 172 valence electrons. The number of carboxylic acids is 1. The van der Waals surface area contributed by atoms with Crippen LogP contribution in [0.15, 0.2) is 39.4 Å². The summed E-state index contributed by atoms with van der Waals surface area (Å²) >= 11 is 9.34. The average molecular weight is 529 g/mol. The summed E-state index contributed by atoms with van der Waals surface area (Å²) in [6.45, 7) is 0. The van der Waals surface area contributed by atoms with Gasteiger partial charge in [0.15, 0.2) is 16.0 Å². The van der Waals surface area contributed by atoms with Crippen molar-refractivity contribution in [3.63, 3.8) is 0 Å². The van der Waals surface area contributed by atoms with Gasteiger partial charge in [-0.2, -0.15) is 5.10 Å². The van der Waals surface area contributed by atoms with Gasteiger partial charge in [0.1, 0.15) is 33.5 Å². The molecule has 2 atom stereocenters. The third kappa shape index (κ3) is 4.41. The molecule has 2 aliphatic heterocycles. The van der Waals surface area contributed by atoms with Gasteiger partial charge in [-0.05, 0) is 17.1 Å². The van der Waals surface area contributed by atoms with Gasteiger partial charge in [-0.3, -0.25) is 19.6 Å². The second kappa shape index (κ2) is 9.42. The van der Waals surface area contributed by atoms with Crippen LogP contribution in [0.4, 0.5) is 5.13 Å². The van der Waals surface area contributed by atoms with E-state index in [1.54, 1.807) is 11.5 Å². The Morgan fingerprint density at radius 1 is 1.48 bits per heavy atom. The number of carboxylic acid groups (broad SMARTS) is 1. The summed E-state index contributed by atoms with van der Waals surface area (Å²) in [5, 5.41) is 32.3. The number of aliphatic carboxylic acids is 1. The van der Waals surface area contributed by atoms with Gasteiger partial charge in [-0.25, -0.2) is 14.8 Å². The van der Waals surface area contributed by atoms with Crippen LogP contribution in [-0.2, 0) is 14.4 Å². The number of anilines is 1. The molecule has 13 nitrogen and oxygen atoms in total. The fourth-order valence-corrected chi connectivity index (χ4v) is 5.90. The van der Waals surface area contributed by atoms with Crippen molar-refractivity contribution in [1.82, 2.24) is 30.4 Å². The van der Waals surface area contributed by atoms with E-state index in [0.29, 0.717) is 10.7 Å². The molecule has 1 saturated heterocycles. The molecule has 2 amide bonds. The minimum atomic E-state index is -1.27. The maximum atomic E-state index is 12.8. The number of aromatic amines is 1. The summed E-state index contributed by atoms with van der Waals surface area (Å²) in [6.07, 6.45) is 2.93. The van der Waals surface area contributed by atoms with Crippen LogP contribution in [-0.4, -0.2) is 76.0 Å². The molecule has 1 fully saturated rings. The molecule has 0 bridgehead atoms. The number of rotatable bonds is 7. The number of amides is 2. The summed E-state index contributed by atoms with van der Waals surface area (Å²) in [7, 11) is 0. The van der Waals surface area contributed by atoms with Crippen molar-refractivity contribution in [2.75, 3.05) is 11.5 Å². The molecule has 0 radical (unpaired) electrons. The van der Waals surface area contributed by atoms with E-state index in [0.717, 1.165) is 16.2 Å². The SMILES string of the molecule is Nc1nc(/C(=N/O)C(=O)N[C@@H]2C(=O)N3C(C(=O)O)=C(C=CSc4ncn[nH]4)CS[C@H]23)c(Cl)s1. The lowest BCUT2D eigenvalue weighted by Crippen LogP contribution is -2.71. The van der Waals surface area contributed by atoms with Gasteiger partial charge in [0.2, 0.25) is 0 Å². The molecular weight excluding hydrogens is 516 g/mol. The third-order valence-electron chi connectivity index (χ3n) is 4.47. The molecule has 2 aromatic rings. The number of thioether (sulfide) groups is 2. The summed E-state index contributed by atoms with van der Waals surface area (Å²) in [4.78, 5) is 46.2. The monoisotopic (exact) mass is 528 g/mol. The van der Waals surface area contributed by atoms with Crippen molar-refractivity contribution >= 4 is 75.1 Å². The number of nitrogens with two attached hydrogens (primary N) is 1. The lowest BCUT2D eigenvalue weighted by atomic mass is 10.0. The highest BCUT2D eigenvalue weighted by atomic mass is 35.5. The minimum absolute atomic E-state index is 0.0415. The fraction of sp³-hybridized carbons (Fsp3) is 0.188. The first kappa shape index (κ1) is 23.1. The van der Waals surface area contributed by atoms with Crippen LogP contribution in [0.25, 0.3) is 0 Å². The quantitative estimate of drug-likeness (QED) is 0.111. The zero-order valence-corrected chi connectivity index (χ0v) is 19.3. The van der Waals surface area contributed by atoms with Crippen molar-refractivity contribution in [3.8, 4) is 0 Å². The van der Waals surface area contributed by atoms with E-state index < -0.39 is 34.9 Å². The topological polar surface area (TPSA) is 200 Å². The largest absolute Gasteiger partial charge is 0.477 e. The van der Waals surface area contributed by atoms with Gasteiger partial charge in [-0.15, -0.1) is 11.8 Å². The first-order valence-corrected chi connectivity index (χ1v) is 12.0. The molecule has 0 aliphatic carbocycles. The molecule has 0 saturated carbocycles. The molecule has 17 heteroatoms. The Morgan fingerprint density at radius 3 is 2.88 bits per heavy atom. The Labute approximate surface area is 202 Å². The van der Waals surface area contributed by atoms with Crippen LogP contribution in [0.2, 0.25) is 4.34 Å². The van der Waals surface area contributed by atoms with E-state index in [1.807, 2.05) is 0 Å². The predicted molar refractivity (Wildman–Crippen MR) is 121 cm³/mol. The summed E-state index contributed by atoms with van der Waals surface area (Å²) in [5.74, 6) is -2.51. The molecule has 4 heterocycles. The van der Waals surface area contributed by atoms with E-state index in [4.69, 9.17) is 17.3 Å². The maximum absolute atomic E-state index is 12.8. The Hall–Kier alpha value is -3.08. The zero-order chi connectivity index (χ0) is 23.7. The van der Waals surface area contributed by atoms with Crippen molar-refractivity contribution in [1.29, 1.82) is 0 Å². The molecule has 6 N–H and O–H groups in total. The number of carbonyl (C=O) groups is 3. The maximum Gasteiger partial charge on any atom is 0.352 e. The molecule has 33 heavy (non-hydrogen) atoms. The van der Waals surface area contributed by atoms with Gasteiger partial charge >= 0.3 is 5.97 Å². The Bertz CT molecular complexity index is 1210. The Kier molecular flexibility index (Phi) is 6.59. The van der Waals surface area contributed by atoms with Crippen LogP contribution in [0.5, 0.6) is 0 Å². The molecule has 0 unspecified atom stereocenters. The number of nitrogens with zero attached hydrogens (tertiary/aromatic N) is 5. The standard InChI is InChI=1S/C16H13ClN8O5S3/c17-10-6(22-15(18)33-10)7(24-30)11(26)21-8-12(27)25-9(14(28)29)5(3-32-13(8)25)1-2-31-16-19-4-20-23-16/h1-2,4,8,13,30H,3H2,(H2,18,22)(H,21,26)(H,28,29)(H,19,20,23)/b2-1?,24-7-/t8-,13-/m1/s1. The summed E-state index contributed by atoms with van der Waals surface area (Å²) < 4.78 is 0.0415. The normalized spacial score (nSPS) is 20.7. The van der Waals surface area contributed by atoms with Crippen molar-refractivity contribution in [2.24, 2.45) is 5.16 Å². The van der Waals surface area contributed by atoms with Gasteiger partial charge in [0.25, 0.3) is 11.8 Å². The number of nitrogens with one attached hydrogen (secondary N) is 2. The highest BCUT2D eigenvalue weighted by molar-refractivity contribution is 8.02. The number of oxime groups is 1. The highest BCUT2D eigenvalue weighted by Gasteiger charge is 2.54. The number of nitrogen functional groups attached to an aromatic ring is 1. The lowest BCUT2D eigenvalue weighted by Gasteiger charge is -2.49. The van der Waals surface area contributed by atoms with Crippen molar-refractivity contribution in [3.05, 3.63) is 39.1 Å². The number of thiazole rings is 1. The molecular formula is C16H13ClN8O5S3. The Morgan fingerprint density at radius 2 is 2.27 bits per heavy atom. The number of allylic oxidation sites excluding steroid dienone is 1. The van der Waals surface area contributed by atoms with E-state index >= 15 is 0 Å². The van der Waals surface area contributed by atoms with Crippen LogP contribution in [0, 0.1) is 0 Å². The number of β-lactam (4-membered cyclic amide) rings is 1. The smallest absolute Gasteiger partial charge is 0.352 e. The molecule has 0 spiro atoms. The summed E-state index contributed by atoms with van der Waals surface area (Å²) in [6, 6.07) is -1.03. The van der Waals surface area contributed by atoms with E-state index in [2.05, 4.69) is 30.6 Å². The number of hydrogen-bond donors (Lipinski definition) is 5. The van der Waals surface area contributed by atoms with Gasteiger partial charge < -0.3 is 21.4 Å². The second-order valence-corrected chi connectivity index (χ2v) is 10.0. The zero-order valence-electron chi connectivity index (χ0n) is 16.1. The van der Waals surface area contributed by atoms with Crippen molar-refractivity contribution in [2.45, 2.75) is 16.6 Å².